The summed E-state index contributed by atoms with van der Waals surface area (Å²) in [5, 5.41) is 2.50. The monoisotopic (exact) mass is 209 g/mol. The van der Waals surface area contributed by atoms with E-state index in [1.54, 1.807) is 0 Å². The van der Waals surface area contributed by atoms with Crippen LogP contribution in [0, 0.1) is 5.82 Å². The normalized spacial score (nSPS) is 13.3. The lowest BCUT2D eigenvalue weighted by Gasteiger charge is -2.06. The minimum atomic E-state index is -0.659. The van der Waals surface area contributed by atoms with Gasteiger partial charge < -0.3 is 10.1 Å². The van der Waals surface area contributed by atoms with Crippen molar-refractivity contribution < 1.29 is 18.7 Å². The van der Waals surface area contributed by atoms with Gasteiger partial charge in [-0.25, -0.2) is 9.18 Å². The molecule has 0 unspecified atom stereocenters. The van der Waals surface area contributed by atoms with Crippen LogP contribution in [0.15, 0.2) is 12.1 Å². The number of fused-ring (bicyclic) bond motifs is 1. The Kier molecular flexibility index (Phi) is 2.15. The summed E-state index contributed by atoms with van der Waals surface area (Å²) in [5.41, 5.74) is 0.895. The Balaban J connectivity index is 2.56. The maximum atomic E-state index is 13.1. The highest BCUT2D eigenvalue weighted by atomic mass is 19.1. The van der Waals surface area contributed by atoms with Gasteiger partial charge in [0.05, 0.1) is 24.8 Å². The number of esters is 1. The van der Waals surface area contributed by atoms with Gasteiger partial charge in [0.1, 0.15) is 5.82 Å². The van der Waals surface area contributed by atoms with Gasteiger partial charge >= 0.3 is 5.97 Å². The van der Waals surface area contributed by atoms with Crippen LogP contribution in [0.4, 0.5) is 10.1 Å². The number of amides is 1. The van der Waals surface area contributed by atoms with E-state index >= 15 is 0 Å². The summed E-state index contributed by atoms with van der Waals surface area (Å²) in [6, 6.07) is 2.29. The molecule has 0 bridgehead atoms. The number of carbonyl (C=O) groups excluding carboxylic acids is 2. The number of halogens is 1. The molecule has 1 amide bonds. The number of hydrogen-bond donors (Lipinski definition) is 1. The Morgan fingerprint density at radius 1 is 1.53 bits per heavy atom. The molecule has 1 aromatic rings. The predicted molar refractivity (Wildman–Crippen MR) is 50.1 cm³/mol. The molecule has 5 heteroatoms. The quantitative estimate of drug-likeness (QED) is 0.705. The largest absolute Gasteiger partial charge is 0.465 e. The first kappa shape index (κ1) is 9.64. The molecule has 0 aliphatic carbocycles. The third kappa shape index (κ3) is 1.56. The van der Waals surface area contributed by atoms with Gasteiger partial charge in [0.15, 0.2) is 0 Å². The smallest absolute Gasteiger partial charge is 0.340 e. The molecule has 0 spiro atoms. The summed E-state index contributed by atoms with van der Waals surface area (Å²) < 4.78 is 17.6. The molecular weight excluding hydrogens is 201 g/mol. The third-order valence-corrected chi connectivity index (χ3v) is 2.21. The summed E-state index contributed by atoms with van der Waals surface area (Å²) in [4.78, 5) is 22.4. The molecule has 0 atom stereocenters. The van der Waals surface area contributed by atoms with Gasteiger partial charge in [-0.3, -0.25) is 4.79 Å². The van der Waals surface area contributed by atoms with Gasteiger partial charge in [0.2, 0.25) is 5.91 Å². The zero-order valence-electron chi connectivity index (χ0n) is 7.96. The van der Waals surface area contributed by atoms with Crippen molar-refractivity contribution in [2.24, 2.45) is 0 Å². The van der Waals surface area contributed by atoms with E-state index in [-0.39, 0.29) is 17.9 Å². The standard InChI is InChI=1S/C10H8FNO3/c1-15-10(14)7-4-6(11)2-5-3-8(13)12-9(5)7/h2,4H,3H2,1H3,(H,12,13). The lowest BCUT2D eigenvalue weighted by atomic mass is 10.1. The molecule has 4 nitrogen and oxygen atoms in total. The van der Waals surface area contributed by atoms with Crippen molar-refractivity contribution in [1.82, 2.24) is 0 Å². The van der Waals surface area contributed by atoms with Crippen LogP contribution in [0.3, 0.4) is 0 Å². The third-order valence-electron chi connectivity index (χ3n) is 2.21. The molecule has 2 rings (SSSR count). The summed E-state index contributed by atoms with van der Waals surface area (Å²) in [7, 11) is 1.20. The fourth-order valence-electron chi connectivity index (χ4n) is 1.58. The highest BCUT2D eigenvalue weighted by Gasteiger charge is 2.25. The van der Waals surface area contributed by atoms with Crippen molar-refractivity contribution >= 4 is 17.6 Å². The highest BCUT2D eigenvalue weighted by molar-refractivity contribution is 6.07. The van der Waals surface area contributed by atoms with Crippen molar-refractivity contribution in [3.63, 3.8) is 0 Å². The first-order valence-electron chi connectivity index (χ1n) is 4.32. The summed E-state index contributed by atoms with van der Waals surface area (Å²) >= 11 is 0. The second-order valence-electron chi connectivity index (χ2n) is 3.20. The molecule has 1 heterocycles. The Hall–Kier alpha value is -1.91. The Labute approximate surface area is 85.0 Å². The second-order valence-corrected chi connectivity index (χ2v) is 3.20. The maximum Gasteiger partial charge on any atom is 0.340 e. The van der Waals surface area contributed by atoms with E-state index in [2.05, 4.69) is 10.1 Å². The van der Waals surface area contributed by atoms with E-state index in [0.717, 1.165) is 6.07 Å². The molecule has 15 heavy (non-hydrogen) atoms. The number of ether oxygens (including phenoxy) is 1. The predicted octanol–water partition coefficient (Wildman–Crippen LogP) is 1.11. The summed E-state index contributed by atoms with van der Waals surface area (Å²) in [5.74, 6) is -1.46. The molecular formula is C10H8FNO3. The molecule has 0 fully saturated rings. The van der Waals surface area contributed by atoms with Crippen LogP contribution in [0.2, 0.25) is 0 Å². The molecule has 0 aromatic heterocycles. The van der Waals surface area contributed by atoms with Crippen LogP contribution < -0.4 is 5.32 Å². The minimum absolute atomic E-state index is 0.0540. The number of anilines is 1. The van der Waals surface area contributed by atoms with E-state index in [1.165, 1.54) is 13.2 Å². The van der Waals surface area contributed by atoms with Gasteiger partial charge in [0, 0.05) is 0 Å². The topological polar surface area (TPSA) is 55.4 Å². The first-order valence-corrected chi connectivity index (χ1v) is 4.32. The van der Waals surface area contributed by atoms with Crippen LogP contribution >= 0.6 is 0 Å². The number of benzene rings is 1. The molecule has 1 aliphatic heterocycles. The number of nitrogens with one attached hydrogen (secondary N) is 1. The fraction of sp³-hybridized carbons (Fsp3) is 0.200. The van der Waals surface area contributed by atoms with Crippen LogP contribution in [-0.2, 0) is 16.0 Å². The maximum absolute atomic E-state index is 13.1. The molecule has 78 valence electrons. The van der Waals surface area contributed by atoms with Gasteiger partial charge in [-0.15, -0.1) is 0 Å². The summed E-state index contributed by atoms with van der Waals surface area (Å²) in [6.07, 6.45) is 0.0943. The second kappa shape index (κ2) is 3.34. The lowest BCUT2D eigenvalue weighted by molar-refractivity contribution is -0.115. The van der Waals surface area contributed by atoms with Gasteiger partial charge in [-0.1, -0.05) is 0 Å². The van der Waals surface area contributed by atoms with Crippen molar-refractivity contribution in [2.45, 2.75) is 6.42 Å². The van der Waals surface area contributed by atoms with Crippen LogP contribution in [0.25, 0.3) is 0 Å². The first-order chi connectivity index (χ1) is 7.11. The molecule has 1 aliphatic rings. The number of methoxy groups -OCH3 is 1. The van der Waals surface area contributed by atoms with Crippen molar-refractivity contribution in [3.05, 3.63) is 29.1 Å². The van der Waals surface area contributed by atoms with Gasteiger partial charge in [-0.2, -0.15) is 0 Å². The average molecular weight is 209 g/mol. The van der Waals surface area contributed by atoms with Crippen molar-refractivity contribution in [2.75, 3.05) is 12.4 Å². The zero-order chi connectivity index (χ0) is 11.0. The molecule has 0 radical (unpaired) electrons. The summed E-state index contributed by atoms with van der Waals surface area (Å²) in [6.45, 7) is 0. The van der Waals surface area contributed by atoms with Crippen LogP contribution in [0.1, 0.15) is 15.9 Å². The SMILES string of the molecule is COC(=O)c1cc(F)cc2c1NC(=O)C2. The Bertz CT molecular complexity index is 456. The fourth-order valence-corrected chi connectivity index (χ4v) is 1.58. The van der Waals surface area contributed by atoms with E-state index < -0.39 is 11.8 Å². The van der Waals surface area contributed by atoms with Crippen molar-refractivity contribution in [1.29, 1.82) is 0 Å². The van der Waals surface area contributed by atoms with E-state index in [1.807, 2.05) is 0 Å². The number of carbonyl (C=O) groups is 2. The molecule has 1 aromatic carbocycles. The minimum Gasteiger partial charge on any atom is -0.465 e. The Morgan fingerprint density at radius 3 is 2.93 bits per heavy atom. The number of rotatable bonds is 1. The van der Waals surface area contributed by atoms with Gasteiger partial charge in [-0.05, 0) is 17.7 Å². The van der Waals surface area contributed by atoms with Crippen LogP contribution in [-0.4, -0.2) is 19.0 Å². The highest BCUT2D eigenvalue weighted by Crippen LogP contribution is 2.28. The lowest BCUT2D eigenvalue weighted by Crippen LogP contribution is -2.08. The van der Waals surface area contributed by atoms with Crippen LogP contribution in [0.5, 0.6) is 0 Å². The van der Waals surface area contributed by atoms with E-state index in [0.29, 0.717) is 11.3 Å². The molecule has 1 N–H and O–H groups in total. The van der Waals surface area contributed by atoms with Gasteiger partial charge in [0.25, 0.3) is 0 Å². The zero-order valence-corrected chi connectivity index (χ0v) is 7.96. The molecule has 0 saturated carbocycles. The number of hydrogen-bond acceptors (Lipinski definition) is 3. The Morgan fingerprint density at radius 2 is 2.27 bits per heavy atom. The van der Waals surface area contributed by atoms with Crippen molar-refractivity contribution in [3.8, 4) is 0 Å². The van der Waals surface area contributed by atoms with E-state index in [9.17, 15) is 14.0 Å². The average Bonchev–Trinajstić information content (AvgIpc) is 2.55. The molecule has 0 saturated heterocycles. The van der Waals surface area contributed by atoms with E-state index in [4.69, 9.17) is 0 Å².